The van der Waals surface area contributed by atoms with Crippen LogP contribution in [0.5, 0.6) is 0 Å². The number of rotatable bonds is 5. The first-order valence-electron chi connectivity index (χ1n) is 8.12. The largest absolute Gasteiger partial charge is 0.390 e. The number of piperazine rings is 1. The summed E-state index contributed by atoms with van der Waals surface area (Å²) in [4.78, 5) is 8.35. The molecule has 0 spiro atoms. The molecule has 0 amide bonds. The Morgan fingerprint density at radius 1 is 1.32 bits per heavy atom. The molecule has 2 rings (SSSR count). The first kappa shape index (κ1) is 22.0. The van der Waals surface area contributed by atoms with E-state index in [9.17, 15) is 13.2 Å². The number of halogens is 4. The smallest absolute Gasteiger partial charge is 0.361 e. The van der Waals surface area contributed by atoms with E-state index >= 15 is 0 Å². The average molecular weight is 475 g/mol. The van der Waals surface area contributed by atoms with Crippen molar-refractivity contribution < 1.29 is 17.7 Å². The Hall–Kier alpha value is -1.04. The minimum absolute atomic E-state index is 0. The van der Waals surface area contributed by atoms with Crippen molar-refractivity contribution in [2.24, 2.45) is 4.99 Å². The van der Waals surface area contributed by atoms with Crippen LogP contribution < -0.4 is 5.32 Å². The molecule has 1 N–H and O–H groups in total. The van der Waals surface area contributed by atoms with Gasteiger partial charge in [-0.25, -0.2) is 0 Å². The number of hydrogen-bond donors (Lipinski definition) is 1. The standard InChI is InChI=1S/C15H24F3N5O.HI/c1-3-19-14(20-5-4-15(16,17)18)23-8-6-22(7-9-23)11-13-10-12(2)24-21-13;/h10H,3-9,11H2,1-2H3,(H,19,20);1H. The molecular weight excluding hydrogens is 450 g/mol. The van der Waals surface area contributed by atoms with Gasteiger partial charge in [-0.2, -0.15) is 13.2 Å². The SMILES string of the molecule is CCNC(=NCCC(F)(F)F)N1CCN(Cc2cc(C)on2)CC1.I. The fourth-order valence-electron chi connectivity index (χ4n) is 2.55. The van der Waals surface area contributed by atoms with Gasteiger partial charge in [-0.15, -0.1) is 24.0 Å². The molecule has 0 aromatic carbocycles. The maximum absolute atomic E-state index is 12.3. The lowest BCUT2D eigenvalue weighted by Gasteiger charge is -2.36. The van der Waals surface area contributed by atoms with Crippen molar-refractivity contribution in [1.29, 1.82) is 0 Å². The van der Waals surface area contributed by atoms with E-state index in [-0.39, 0.29) is 30.5 Å². The number of alkyl halides is 3. The number of aryl methyl sites for hydroxylation is 1. The first-order chi connectivity index (χ1) is 11.4. The molecular formula is C15H25F3IN5O. The van der Waals surface area contributed by atoms with Crippen molar-refractivity contribution in [2.45, 2.75) is 33.0 Å². The predicted octanol–water partition coefficient (Wildman–Crippen LogP) is 2.64. The summed E-state index contributed by atoms with van der Waals surface area (Å²) < 4.78 is 41.9. The van der Waals surface area contributed by atoms with Gasteiger partial charge in [-0.05, 0) is 13.8 Å². The van der Waals surface area contributed by atoms with Gasteiger partial charge >= 0.3 is 6.18 Å². The zero-order valence-electron chi connectivity index (χ0n) is 14.5. The third kappa shape index (κ3) is 7.80. The molecule has 0 saturated carbocycles. The van der Waals surface area contributed by atoms with Crippen molar-refractivity contribution in [3.63, 3.8) is 0 Å². The van der Waals surface area contributed by atoms with Crippen molar-refractivity contribution in [1.82, 2.24) is 20.3 Å². The normalized spacial score (nSPS) is 16.7. The molecule has 1 aromatic heterocycles. The van der Waals surface area contributed by atoms with Crippen LogP contribution in [-0.4, -0.2) is 66.4 Å². The maximum atomic E-state index is 12.3. The minimum Gasteiger partial charge on any atom is -0.361 e. The highest BCUT2D eigenvalue weighted by Gasteiger charge is 2.27. The third-order valence-corrected chi connectivity index (χ3v) is 3.73. The lowest BCUT2D eigenvalue weighted by molar-refractivity contribution is -0.132. The fourth-order valence-corrected chi connectivity index (χ4v) is 2.55. The van der Waals surface area contributed by atoms with Crippen molar-refractivity contribution >= 4 is 29.9 Å². The second kappa shape index (κ2) is 10.2. The molecule has 1 fully saturated rings. The van der Waals surface area contributed by atoms with Crippen LogP contribution in [0.3, 0.4) is 0 Å². The summed E-state index contributed by atoms with van der Waals surface area (Å²) in [5, 5.41) is 7.05. The minimum atomic E-state index is -4.17. The lowest BCUT2D eigenvalue weighted by Crippen LogP contribution is -2.52. The summed E-state index contributed by atoms with van der Waals surface area (Å²) in [6.45, 7) is 7.89. The summed E-state index contributed by atoms with van der Waals surface area (Å²) in [7, 11) is 0. The fraction of sp³-hybridized carbons (Fsp3) is 0.733. The number of guanidine groups is 1. The molecule has 2 heterocycles. The Bertz CT molecular complexity index is 542. The molecule has 10 heteroatoms. The second-order valence-electron chi connectivity index (χ2n) is 5.79. The number of aromatic nitrogens is 1. The number of nitrogens with zero attached hydrogens (tertiary/aromatic N) is 4. The Morgan fingerprint density at radius 2 is 2.00 bits per heavy atom. The van der Waals surface area contributed by atoms with Crippen LogP contribution in [0.2, 0.25) is 0 Å². The molecule has 25 heavy (non-hydrogen) atoms. The predicted molar refractivity (Wildman–Crippen MR) is 100 cm³/mol. The van der Waals surface area contributed by atoms with E-state index in [1.54, 1.807) is 0 Å². The highest BCUT2D eigenvalue weighted by molar-refractivity contribution is 14.0. The third-order valence-electron chi connectivity index (χ3n) is 3.73. The number of aliphatic imine (C=N–C) groups is 1. The molecule has 6 nitrogen and oxygen atoms in total. The molecule has 1 aromatic rings. The van der Waals surface area contributed by atoms with Gasteiger partial charge in [0.05, 0.1) is 18.7 Å². The summed E-state index contributed by atoms with van der Waals surface area (Å²) in [5.74, 6) is 1.34. The Kier molecular flexibility index (Phi) is 8.97. The van der Waals surface area contributed by atoms with Crippen LogP contribution in [0.25, 0.3) is 0 Å². The zero-order chi connectivity index (χ0) is 17.6. The summed E-state index contributed by atoms with van der Waals surface area (Å²) in [6, 6.07) is 1.91. The van der Waals surface area contributed by atoms with E-state index in [0.717, 1.165) is 24.5 Å². The average Bonchev–Trinajstić information content (AvgIpc) is 2.91. The quantitative estimate of drug-likeness (QED) is 0.403. The van der Waals surface area contributed by atoms with Gasteiger partial charge in [0.25, 0.3) is 0 Å². The highest BCUT2D eigenvalue weighted by atomic mass is 127. The molecule has 1 saturated heterocycles. The van der Waals surface area contributed by atoms with Crippen LogP contribution in [0, 0.1) is 6.92 Å². The summed E-state index contributed by atoms with van der Waals surface area (Å²) in [6.07, 6.45) is -5.07. The van der Waals surface area contributed by atoms with E-state index in [2.05, 4.69) is 20.4 Å². The van der Waals surface area contributed by atoms with Crippen molar-refractivity contribution in [3.05, 3.63) is 17.5 Å². The van der Waals surface area contributed by atoms with Crippen molar-refractivity contribution in [3.8, 4) is 0 Å². The number of hydrogen-bond acceptors (Lipinski definition) is 4. The molecule has 1 aliphatic heterocycles. The van der Waals surface area contributed by atoms with Crippen LogP contribution in [0.1, 0.15) is 24.8 Å². The van der Waals surface area contributed by atoms with E-state index < -0.39 is 12.6 Å². The Morgan fingerprint density at radius 3 is 2.52 bits per heavy atom. The molecule has 1 aliphatic rings. The van der Waals surface area contributed by atoms with E-state index in [0.29, 0.717) is 32.1 Å². The monoisotopic (exact) mass is 475 g/mol. The number of nitrogens with one attached hydrogen (secondary N) is 1. The van der Waals surface area contributed by atoms with Gasteiger partial charge < -0.3 is 14.7 Å². The van der Waals surface area contributed by atoms with Gasteiger partial charge in [0.15, 0.2) is 5.96 Å². The summed E-state index contributed by atoms with van der Waals surface area (Å²) >= 11 is 0. The van der Waals surface area contributed by atoms with Gasteiger partial charge in [0.2, 0.25) is 0 Å². The molecule has 0 bridgehead atoms. The van der Waals surface area contributed by atoms with E-state index in [1.165, 1.54) is 0 Å². The van der Waals surface area contributed by atoms with Crippen LogP contribution in [-0.2, 0) is 6.54 Å². The zero-order valence-corrected chi connectivity index (χ0v) is 16.8. The van der Waals surface area contributed by atoms with E-state index in [4.69, 9.17) is 4.52 Å². The molecule has 0 unspecified atom stereocenters. The van der Waals surface area contributed by atoms with Crippen LogP contribution >= 0.6 is 24.0 Å². The van der Waals surface area contributed by atoms with Gasteiger partial charge in [-0.3, -0.25) is 9.89 Å². The Labute approximate surface area is 162 Å². The first-order valence-corrected chi connectivity index (χ1v) is 8.12. The second-order valence-corrected chi connectivity index (χ2v) is 5.79. The van der Waals surface area contributed by atoms with Crippen LogP contribution in [0.4, 0.5) is 13.2 Å². The van der Waals surface area contributed by atoms with Gasteiger partial charge in [0, 0.05) is 45.3 Å². The van der Waals surface area contributed by atoms with Gasteiger partial charge in [0.1, 0.15) is 5.76 Å². The van der Waals surface area contributed by atoms with E-state index in [1.807, 2.05) is 24.8 Å². The van der Waals surface area contributed by atoms with Gasteiger partial charge in [-0.1, -0.05) is 5.16 Å². The molecule has 0 aliphatic carbocycles. The lowest BCUT2D eigenvalue weighted by atomic mass is 10.3. The topological polar surface area (TPSA) is 56.9 Å². The van der Waals surface area contributed by atoms with Crippen molar-refractivity contribution in [2.75, 3.05) is 39.3 Å². The Balaban J connectivity index is 0.00000312. The molecule has 0 radical (unpaired) electrons. The molecule has 144 valence electrons. The maximum Gasteiger partial charge on any atom is 0.390 e. The molecule has 0 atom stereocenters. The van der Waals surface area contributed by atoms with Crippen LogP contribution in [0.15, 0.2) is 15.6 Å². The summed E-state index contributed by atoms with van der Waals surface area (Å²) in [5.41, 5.74) is 0.895. The highest BCUT2D eigenvalue weighted by Crippen LogP contribution is 2.19.